The van der Waals surface area contributed by atoms with Gasteiger partial charge in [-0.3, -0.25) is 14.9 Å². The molecule has 21 heavy (non-hydrogen) atoms. The van der Waals surface area contributed by atoms with Crippen LogP contribution in [0.1, 0.15) is 30.6 Å². The summed E-state index contributed by atoms with van der Waals surface area (Å²) in [6, 6.07) is 4.17. The summed E-state index contributed by atoms with van der Waals surface area (Å²) in [7, 11) is 1.62. The smallest absolute Gasteiger partial charge is 0.288 e. The third-order valence-corrected chi connectivity index (χ3v) is 3.53. The Hall–Kier alpha value is -1.66. The zero-order chi connectivity index (χ0) is 16.0. The number of nitrogens with one attached hydrogen (secondary N) is 1. The van der Waals surface area contributed by atoms with Crippen LogP contribution in [0.3, 0.4) is 0 Å². The van der Waals surface area contributed by atoms with Gasteiger partial charge >= 0.3 is 0 Å². The molecule has 1 aromatic carbocycles. The second kappa shape index (κ2) is 7.38. The predicted molar refractivity (Wildman–Crippen MR) is 80.7 cm³/mol. The molecule has 0 fully saturated rings. The highest BCUT2D eigenvalue weighted by Gasteiger charge is 2.22. The molecule has 0 aliphatic carbocycles. The number of hydrogen-bond donors (Lipinski definition) is 1. The van der Waals surface area contributed by atoms with E-state index >= 15 is 0 Å². The molecule has 1 aromatic rings. The molecule has 0 radical (unpaired) electrons. The third kappa shape index (κ3) is 4.99. The Labute approximate surface area is 128 Å². The van der Waals surface area contributed by atoms with Crippen molar-refractivity contribution in [3.8, 4) is 0 Å². The fourth-order valence-electron chi connectivity index (χ4n) is 1.72. The van der Waals surface area contributed by atoms with Gasteiger partial charge in [0.1, 0.15) is 5.02 Å². The van der Waals surface area contributed by atoms with Gasteiger partial charge in [-0.05, 0) is 17.9 Å². The molecule has 0 spiro atoms. The van der Waals surface area contributed by atoms with E-state index in [-0.39, 0.29) is 21.7 Å². The van der Waals surface area contributed by atoms with E-state index in [1.165, 1.54) is 18.2 Å². The van der Waals surface area contributed by atoms with Crippen molar-refractivity contribution in [2.24, 2.45) is 5.41 Å². The highest BCUT2D eigenvalue weighted by Crippen LogP contribution is 2.28. The number of carbonyl (C=O) groups is 1. The number of halogens is 1. The minimum Gasteiger partial charge on any atom is -0.385 e. The molecule has 0 aromatic heterocycles. The zero-order valence-corrected chi connectivity index (χ0v) is 13.1. The average Bonchev–Trinajstić information content (AvgIpc) is 2.42. The second-order valence-electron chi connectivity index (χ2n) is 5.49. The normalized spacial score (nSPS) is 11.2. The van der Waals surface area contributed by atoms with E-state index in [0.717, 1.165) is 6.42 Å². The molecule has 0 atom stereocenters. The fraction of sp³-hybridized carbons (Fsp3) is 0.500. The van der Waals surface area contributed by atoms with Crippen LogP contribution >= 0.6 is 11.6 Å². The quantitative estimate of drug-likeness (QED) is 0.619. The lowest BCUT2D eigenvalue weighted by atomic mass is 9.89. The van der Waals surface area contributed by atoms with Gasteiger partial charge in [-0.15, -0.1) is 0 Å². The molecular weight excluding hydrogens is 296 g/mol. The first-order valence-corrected chi connectivity index (χ1v) is 6.86. The summed E-state index contributed by atoms with van der Waals surface area (Å²) in [4.78, 5) is 22.3. The Morgan fingerprint density at radius 2 is 2.14 bits per heavy atom. The van der Waals surface area contributed by atoms with E-state index in [2.05, 4.69) is 5.32 Å². The van der Waals surface area contributed by atoms with Gasteiger partial charge in [0.2, 0.25) is 0 Å². The summed E-state index contributed by atoms with van der Waals surface area (Å²) in [6.45, 7) is 5.03. The summed E-state index contributed by atoms with van der Waals surface area (Å²) < 4.78 is 5.02. The van der Waals surface area contributed by atoms with Gasteiger partial charge in [-0.2, -0.15) is 0 Å². The molecule has 0 heterocycles. The molecule has 0 bridgehead atoms. The highest BCUT2D eigenvalue weighted by atomic mass is 35.5. The fourth-order valence-corrected chi connectivity index (χ4v) is 2.00. The van der Waals surface area contributed by atoms with Crippen molar-refractivity contribution in [2.45, 2.75) is 20.3 Å². The van der Waals surface area contributed by atoms with Crippen LogP contribution in [0.15, 0.2) is 18.2 Å². The van der Waals surface area contributed by atoms with Gasteiger partial charge in [0, 0.05) is 26.3 Å². The monoisotopic (exact) mass is 314 g/mol. The number of hydrogen-bond acceptors (Lipinski definition) is 4. The summed E-state index contributed by atoms with van der Waals surface area (Å²) in [5, 5.41) is 13.4. The first kappa shape index (κ1) is 17.4. The number of ether oxygens (including phenoxy) is 1. The van der Waals surface area contributed by atoms with Gasteiger partial charge in [-0.25, -0.2) is 0 Å². The molecule has 1 rings (SSSR count). The summed E-state index contributed by atoms with van der Waals surface area (Å²) >= 11 is 5.91. The van der Waals surface area contributed by atoms with Gasteiger partial charge < -0.3 is 10.1 Å². The molecule has 7 heteroatoms. The molecule has 1 amide bonds. The van der Waals surface area contributed by atoms with Gasteiger partial charge in [0.25, 0.3) is 11.6 Å². The van der Waals surface area contributed by atoms with Crippen LogP contribution in [0.2, 0.25) is 5.02 Å². The van der Waals surface area contributed by atoms with Gasteiger partial charge in [0.05, 0.1) is 10.5 Å². The lowest BCUT2D eigenvalue weighted by molar-refractivity contribution is -0.384. The van der Waals surface area contributed by atoms with Crippen LogP contribution in [0.4, 0.5) is 5.69 Å². The van der Waals surface area contributed by atoms with Crippen LogP contribution in [-0.4, -0.2) is 31.1 Å². The SMILES string of the molecule is COCCC(C)(C)CNC(=O)c1cccc([N+](=O)[O-])c1Cl. The number of amides is 1. The molecule has 116 valence electrons. The number of rotatable bonds is 7. The third-order valence-electron chi connectivity index (χ3n) is 3.13. The van der Waals surface area contributed by atoms with E-state index in [4.69, 9.17) is 16.3 Å². The lowest BCUT2D eigenvalue weighted by Crippen LogP contribution is -2.34. The van der Waals surface area contributed by atoms with Crippen molar-refractivity contribution in [1.82, 2.24) is 5.32 Å². The van der Waals surface area contributed by atoms with Crippen molar-refractivity contribution in [3.05, 3.63) is 38.9 Å². The number of methoxy groups -OCH3 is 1. The number of benzene rings is 1. The van der Waals surface area contributed by atoms with Gasteiger partial charge in [-0.1, -0.05) is 31.5 Å². The summed E-state index contributed by atoms with van der Waals surface area (Å²) in [5.74, 6) is -0.422. The van der Waals surface area contributed by atoms with Crippen molar-refractivity contribution in [2.75, 3.05) is 20.3 Å². The maximum Gasteiger partial charge on any atom is 0.288 e. The molecule has 0 unspecified atom stereocenters. The van der Waals surface area contributed by atoms with Crippen molar-refractivity contribution in [1.29, 1.82) is 0 Å². The van der Waals surface area contributed by atoms with Crippen molar-refractivity contribution < 1.29 is 14.5 Å². The van der Waals surface area contributed by atoms with Crippen LogP contribution in [0, 0.1) is 15.5 Å². The first-order chi connectivity index (χ1) is 9.78. The Bertz CT molecular complexity index is 532. The maximum absolute atomic E-state index is 12.1. The second-order valence-corrected chi connectivity index (χ2v) is 5.86. The zero-order valence-electron chi connectivity index (χ0n) is 12.3. The number of nitro benzene ring substituents is 1. The van der Waals surface area contributed by atoms with Crippen LogP contribution in [0.5, 0.6) is 0 Å². The highest BCUT2D eigenvalue weighted by molar-refractivity contribution is 6.35. The van der Waals surface area contributed by atoms with Gasteiger partial charge in [0.15, 0.2) is 0 Å². The van der Waals surface area contributed by atoms with E-state index in [9.17, 15) is 14.9 Å². The summed E-state index contributed by atoms with van der Waals surface area (Å²) in [5.41, 5.74) is -0.310. The van der Waals surface area contributed by atoms with Crippen molar-refractivity contribution in [3.63, 3.8) is 0 Å². The molecular formula is C14H19ClN2O4. The lowest BCUT2D eigenvalue weighted by Gasteiger charge is -2.24. The number of carbonyl (C=O) groups excluding carboxylic acids is 1. The van der Waals surface area contributed by atoms with E-state index in [1.807, 2.05) is 13.8 Å². The van der Waals surface area contributed by atoms with E-state index in [0.29, 0.717) is 13.2 Å². The topological polar surface area (TPSA) is 81.5 Å². The molecule has 0 saturated carbocycles. The first-order valence-electron chi connectivity index (χ1n) is 6.48. The molecule has 0 aliphatic rings. The minimum atomic E-state index is -0.609. The average molecular weight is 315 g/mol. The Morgan fingerprint density at radius 1 is 1.48 bits per heavy atom. The summed E-state index contributed by atoms with van der Waals surface area (Å²) in [6.07, 6.45) is 0.784. The maximum atomic E-state index is 12.1. The largest absolute Gasteiger partial charge is 0.385 e. The number of nitrogens with zero attached hydrogens (tertiary/aromatic N) is 1. The Balaban J connectivity index is 2.77. The Kier molecular flexibility index (Phi) is 6.11. The molecule has 0 saturated heterocycles. The standard InChI is InChI=1S/C14H19ClN2O4/c1-14(2,7-8-21-3)9-16-13(18)10-5-4-6-11(12(10)15)17(19)20/h4-6H,7-9H2,1-3H3,(H,16,18). The van der Waals surface area contributed by atoms with E-state index < -0.39 is 10.8 Å². The minimum absolute atomic E-state index is 0.105. The van der Waals surface area contributed by atoms with Crippen LogP contribution in [0.25, 0.3) is 0 Å². The van der Waals surface area contributed by atoms with E-state index in [1.54, 1.807) is 7.11 Å². The molecule has 1 N–H and O–H groups in total. The van der Waals surface area contributed by atoms with Crippen LogP contribution < -0.4 is 5.32 Å². The molecule has 0 aliphatic heterocycles. The van der Waals surface area contributed by atoms with Crippen molar-refractivity contribution >= 4 is 23.2 Å². The molecule has 6 nitrogen and oxygen atoms in total. The van der Waals surface area contributed by atoms with Crippen LogP contribution in [-0.2, 0) is 4.74 Å². The number of nitro groups is 1. The Morgan fingerprint density at radius 3 is 2.71 bits per heavy atom. The predicted octanol–water partition coefficient (Wildman–Crippen LogP) is 3.04.